The minimum atomic E-state index is -0.299. The predicted octanol–water partition coefficient (Wildman–Crippen LogP) is 0.560. The molecular formula is C4H5NO3S2. The maximum Gasteiger partial charge on any atom is 0.255 e. The summed E-state index contributed by atoms with van der Waals surface area (Å²) in [5, 5.41) is 0.734. The molecule has 0 atom stereocenters. The van der Waals surface area contributed by atoms with Gasteiger partial charge in [0.2, 0.25) is 0 Å². The van der Waals surface area contributed by atoms with Crippen LogP contribution in [0.5, 0.6) is 0 Å². The Morgan fingerprint density at radius 3 is 2.30 bits per heavy atom. The summed E-state index contributed by atoms with van der Waals surface area (Å²) in [4.78, 5) is 21.4. The van der Waals surface area contributed by atoms with Crippen LogP contribution < -0.4 is 0 Å². The average Bonchev–Trinajstić information content (AvgIpc) is 2.20. The van der Waals surface area contributed by atoms with E-state index in [0.717, 1.165) is 5.06 Å². The highest BCUT2D eigenvalue weighted by atomic mass is 33.1. The van der Waals surface area contributed by atoms with Crippen LogP contribution in [-0.4, -0.2) is 16.9 Å². The van der Waals surface area contributed by atoms with E-state index in [-0.39, 0.29) is 24.7 Å². The van der Waals surface area contributed by atoms with Gasteiger partial charge in [-0.2, -0.15) is 4.28 Å². The molecule has 0 aromatic rings. The van der Waals surface area contributed by atoms with Crippen molar-refractivity contribution in [1.29, 1.82) is 0 Å². The van der Waals surface area contributed by atoms with Gasteiger partial charge in [-0.3, -0.25) is 9.59 Å². The summed E-state index contributed by atoms with van der Waals surface area (Å²) >= 11 is 4.31. The molecule has 1 heterocycles. The van der Waals surface area contributed by atoms with Crippen LogP contribution in [0.4, 0.5) is 0 Å². The molecule has 0 unspecified atom stereocenters. The fourth-order valence-corrected chi connectivity index (χ4v) is 1.11. The van der Waals surface area contributed by atoms with Crippen LogP contribution >= 0.6 is 22.7 Å². The number of hydrogen-bond donors (Lipinski definition) is 1. The van der Waals surface area contributed by atoms with Crippen molar-refractivity contribution in [3.05, 3.63) is 0 Å². The number of rotatable bonds is 2. The molecule has 4 nitrogen and oxygen atoms in total. The van der Waals surface area contributed by atoms with Crippen molar-refractivity contribution in [2.45, 2.75) is 12.8 Å². The lowest BCUT2D eigenvalue weighted by Crippen LogP contribution is -2.26. The quantitative estimate of drug-likeness (QED) is 0.291. The number of carbonyl (C=O) groups excluding carboxylic acids is 2. The molecule has 0 aliphatic carbocycles. The van der Waals surface area contributed by atoms with Crippen LogP contribution in [-0.2, 0) is 13.9 Å². The Hall–Kier alpha value is -0.200. The van der Waals surface area contributed by atoms with Gasteiger partial charge in [-0.05, 0) is 0 Å². The summed E-state index contributed by atoms with van der Waals surface area (Å²) in [7, 11) is 0. The van der Waals surface area contributed by atoms with Crippen LogP contribution in [0.2, 0.25) is 0 Å². The molecule has 1 rings (SSSR count). The number of amides is 2. The molecule has 0 aromatic carbocycles. The van der Waals surface area contributed by atoms with Crippen LogP contribution in [0.25, 0.3) is 0 Å². The van der Waals surface area contributed by atoms with E-state index in [4.69, 9.17) is 0 Å². The second-order valence-electron chi connectivity index (χ2n) is 1.73. The monoisotopic (exact) mass is 179 g/mol. The van der Waals surface area contributed by atoms with Crippen LogP contribution in [0.1, 0.15) is 12.8 Å². The van der Waals surface area contributed by atoms with E-state index < -0.39 is 0 Å². The van der Waals surface area contributed by atoms with Gasteiger partial charge in [0, 0.05) is 12.8 Å². The molecular weight excluding hydrogens is 174 g/mol. The van der Waals surface area contributed by atoms with E-state index in [1.165, 1.54) is 0 Å². The Labute approximate surface area is 66.9 Å². The topological polar surface area (TPSA) is 46.6 Å². The highest BCUT2D eigenvalue weighted by Crippen LogP contribution is 2.18. The summed E-state index contributed by atoms with van der Waals surface area (Å²) in [6.45, 7) is 0. The Morgan fingerprint density at radius 1 is 1.40 bits per heavy atom. The molecule has 2 amide bonds. The van der Waals surface area contributed by atoms with E-state index in [2.05, 4.69) is 15.9 Å². The third kappa shape index (κ3) is 1.44. The van der Waals surface area contributed by atoms with E-state index in [0.29, 0.717) is 11.1 Å². The summed E-state index contributed by atoms with van der Waals surface area (Å²) in [6, 6.07) is 0. The Balaban J connectivity index is 2.54. The zero-order chi connectivity index (χ0) is 7.56. The Morgan fingerprint density at radius 2 is 1.90 bits per heavy atom. The van der Waals surface area contributed by atoms with Gasteiger partial charge >= 0.3 is 0 Å². The van der Waals surface area contributed by atoms with Crippen molar-refractivity contribution in [3.63, 3.8) is 0 Å². The number of hydrogen-bond acceptors (Lipinski definition) is 5. The molecule has 0 radical (unpaired) electrons. The van der Waals surface area contributed by atoms with E-state index in [9.17, 15) is 9.59 Å². The van der Waals surface area contributed by atoms with Gasteiger partial charge < -0.3 is 0 Å². The van der Waals surface area contributed by atoms with E-state index in [1.807, 2.05) is 0 Å². The lowest BCUT2D eigenvalue weighted by molar-refractivity contribution is -0.161. The van der Waals surface area contributed by atoms with Crippen molar-refractivity contribution < 1.29 is 13.9 Å². The van der Waals surface area contributed by atoms with Gasteiger partial charge in [-0.25, -0.2) is 0 Å². The number of nitrogens with zero attached hydrogens (tertiary/aromatic N) is 1. The summed E-state index contributed by atoms with van der Waals surface area (Å²) in [5.41, 5.74) is 0. The maximum atomic E-state index is 10.7. The summed E-state index contributed by atoms with van der Waals surface area (Å²) in [6.07, 6.45) is 0.486. The number of hydroxylamine groups is 2. The van der Waals surface area contributed by atoms with Crippen molar-refractivity contribution in [2.24, 2.45) is 0 Å². The molecule has 1 aliphatic heterocycles. The first-order chi connectivity index (χ1) is 4.75. The highest BCUT2D eigenvalue weighted by molar-refractivity contribution is 8.66. The second kappa shape index (κ2) is 3.27. The van der Waals surface area contributed by atoms with Crippen LogP contribution in [0.15, 0.2) is 0 Å². The second-order valence-corrected chi connectivity index (χ2v) is 2.48. The smallest absolute Gasteiger partial charge is 0.255 e. The lowest BCUT2D eigenvalue weighted by Gasteiger charge is -2.07. The predicted molar refractivity (Wildman–Crippen MR) is 38.7 cm³/mol. The van der Waals surface area contributed by atoms with Gasteiger partial charge in [0.25, 0.3) is 11.8 Å². The average molecular weight is 179 g/mol. The van der Waals surface area contributed by atoms with Gasteiger partial charge in [0.1, 0.15) is 0 Å². The van der Waals surface area contributed by atoms with Gasteiger partial charge in [-0.15, -0.1) is 5.06 Å². The van der Waals surface area contributed by atoms with Gasteiger partial charge in [0.15, 0.2) is 0 Å². The minimum Gasteiger partial charge on any atom is -0.272 e. The first kappa shape index (κ1) is 7.90. The normalized spacial score (nSPS) is 18.7. The Kier molecular flexibility index (Phi) is 2.58. The largest absolute Gasteiger partial charge is 0.272 e. The molecule has 6 heteroatoms. The Bertz CT molecular complexity index is 156. The maximum absolute atomic E-state index is 10.7. The van der Waals surface area contributed by atoms with E-state index >= 15 is 0 Å². The SMILES string of the molecule is O=C1CCC(=O)N1OSS. The molecule has 0 spiro atoms. The van der Waals surface area contributed by atoms with Crippen molar-refractivity contribution in [1.82, 2.24) is 5.06 Å². The molecule has 1 fully saturated rings. The minimum absolute atomic E-state index is 0.243. The third-order valence-corrected chi connectivity index (χ3v) is 1.53. The number of imide groups is 1. The fourth-order valence-electron chi connectivity index (χ4n) is 0.673. The molecule has 0 N–H and O–H groups in total. The highest BCUT2D eigenvalue weighted by Gasteiger charge is 2.30. The molecule has 56 valence electrons. The van der Waals surface area contributed by atoms with Crippen LogP contribution in [0, 0.1) is 0 Å². The summed E-state index contributed by atoms with van der Waals surface area (Å²) < 4.78 is 4.54. The zero-order valence-corrected chi connectivity index (χ0v) is 6.65. The van der Waals surface area contributed by atoms with Crippen molar-refractivity contribution >= 4 is 34.5 Å². The molecule has 1 aliphatic rings. The van der Waals surface area contributed by atoms with Crippen LogP contribution in [0.3, 0.4) is 0 Å². The molecule has 0 saturated carbocycles. The fraction of sp³-hybridized carbons (Fsp3) is 0.500. The van der Waals surface area contributed by atoms with Crippen molar-refractivity contribution in [2.75, 3.05) is 0 Å². The first-order valence-electron chi connectivity index (χ1n) is 2.59. The molecule has 1 saturated heterocycles. The van der Waals surface area contributed by atoms with Crippen molar-refractivity contribution in [3.8, 4) is 0 Å². The number of carbonyl (C=O) groups is 2. The molecule has 10 heavy (non-hydrogen) atoms. The first-order valence-corrected chi connectivity index (χ1v) is 4.39. The van der Waals surface area contributed by atoms with E-state index in [1.54, 1.807) is 0 Å². The van der Waals surface area contributed by atoms with Gasteiger partial charge in [0.05, 0.1) is 11.1 Å². The number of thiol groups is 1. The molecule has 0 bridgehead atoms. The van der Waals surface area contributed by atoms with Gasteiger partial charge in [-0.1, -0.05) is 11.7 Å². The summed E-state index contributed by atoms with van der Waals surface area (Å²) in [5.74, 6) is -0.599. The third-order valence-electron chi connectivity index (χ3n) is 1.11. The lowest BCUT2D eigenvalue weighted by atomic mass is 10.4. The standard InChI is InChI=1S/C4H5NO3S2/c6-3-1-2-4(7)5(3)8-10-9/h9H,1-2H2. The molecule has 0 aromatic heterocycles. The zero-order valence-electron chi connectivity index (χ0n) is 4.94.